The van der Waals surface area contributed by atoms with Crippen molar-refractivity contribution in [2.75, 3.05) is 26.2 Å². The highest BCUT2D eigenvalue weighted by Gasteiger charge is 2.26. The van der Waals surface area contributed by atoms with E-state index in [2.05, 4.69) is 45.2 Å². The van der Waals surface area contributed by atoms with Crippen LogP contribution in [0.3, 0.4) is 0 Å². The van der Waals surface area contributed by atoms with Gasteiger partial charge in [-0.15, -0.1) is 0 Å². The monoisotopic (exact) mass is 338 g/mol. The topological polar surface area (TPSA) is 49.3 Å². The van der Waals surface area contributed by atoms with Gasteiger partial charge in [0, 0.05) is 32.4 Å². The molecule has 0 aliphatic carbocycles. The van der Waals surface area contributed by atoms with E-state index in [4.69, 9.17) is 0 Å². The number of benzene rings is 1. The van der Waals surface area contributed by atoms with E-state index in [9.17, 15) is 4.79 Å². The lowest BCUT2D eigenvalue weighted by Gasteiger charge is -2.24. The fourth-order valence-electron chi connectivity index (χ4n) is 3.45. The second-order valence-electron chi connectivity index (χ2n) is 6.71. The first-order valence-corrected chi connectivity index (χ1v) is 9.01. The highest BCUT2D eigenvalue weighted by atomic mass is 16.2. The van der Waals surface area contributed by atoms with Crippen molar-refractivity contribution in [3.8, 4) is 0 Å². The second-order valence-corrected chi connectivity index (χ2v) is 6.71. The van der Waals surface area contributed by atoms with Crippen LogP contribution >= 0.6 is 0 Å². The van der Waals surface area contributed by atoms with Crippen molar-refractivity contribution in [2.24, 2.45) is 5.92 Å². The molecule has 0 spiro atoms. The molecule has 1 fully saturated rings. The number of carbonyl (C=O) groups is 1. The molecule has 2 heterocycles. The Kier molecular flexibility index (Phi) is 5.76. The highest BCUT2D eigenvalue weighted by Crippen LogP contribution is 2.20. The molecular formula is C20H26N4O. The Morgan fingerprint density at radius 3 is 2.80 bits per heavy atom. The number of nitrogens with zero attached hydrogens (tertiary/aromatic N) is 4. The van der Waals surface area contributed by atoms with Crippen molar-refractivity contribution in [1.29, 1.82) is 0 Å². The maximum Gasteiger partial charge on any atom is 0.272 e. The number of carbonyl (C=O) groups excluding carboxylic acids is 1. The fraction of sp³-hybridized carbons (Fsp3) is 0.450. The summed E-state index contributed by atoms with van der Waals surface area (Å²) in [5.41, 5.74) is 1.84. The Labute approximate surface area is 149 Å². The number of amides is 1. The van der Waals surface area contributed by atoms with E-state index in [1.54, 1.807) is 12.3 Å². The first-order chi connectivity index (χ1) is 12.2. The van der Waals surface area contributed by atoms with Crippen LogP contribution in [0.2, 0.25) is 0 Å². The Bertz CT molecular complexity index is 704. The van der Waals surface area contributed by atoms with E-state index in [-0.39, 0.29) is 5.91 Å². The molecule has 0 saturated carbocycles. The van der Waals surface area contributed by atoms with Gasteiger partial charge in [0.05, 0.1) is 0 Å². The summed E-state index contributed by atoms with van der Waals surface area (Å²) in [4.78, 5) is 25.5. The van der Waals surface area contributed by atoms with Gasteiger partial charge < -0.3 is 4.90 Å². The lowest BCUT2D eigenvalue weighted by Crippen LogP contribution is -2.36. The van der Waals surface area contributed by atoms with E-state index in [0.29, 0.717) is 24.0 Å². The third kappa shape index (κ3) is 4.63. The average Bonchev–Trinajstić information content (AvgIpc) is 3.07. The molecule has 1 aromatic carbocycles. The lowest BCUT2D eigenvalue weighted by molar-refractivity contribution is 0.0732. The van der Waals surface area contributed by atoms with Crippen LogP contribution in [0, 0.1) is 12.8 Å². The van der Waals surface area contributed by atoms with Gasteiger partial charge >= 0.3 is 0 Å². The molecule has 1 aliphatic heterocycles. The van der Waals surface area contributed by atoms with Gasteiger partial charge in [0.2, 0.25) is 0 Å². The molecular weight excluding hydrogens is 312 g/mol. The third-order valence-electron chi connectivity index (χ3n) is 4.76. The molecule has 1 amide bonds. The molecule has 132 valence electrons. The van der Waals surface area contributed by atoms with Crippen LogP contribution < -0.4 is 0 Å². The zero-order valence-corrected chi connectivity index (χ0v) is 15.1. The van der Waals surface area contributed by atoms with Gasteiger partial charge in [-0.2, -0.15) is 0 Å². The minimum atomic E-state index is 0.00880. The van der Waals surface area contributed by atoms with Crippen LogP contribution in [0.5, 0.6) is 0 Å². The molecule has 1 aliphatic rings. The van der Waals surface area contributed by atoms with Crippen LogP contribution in [0.25, 0.3) is 0 Å². The van der Waals surface area contributed by atoms with Crippen LogP contribution in [0.15, 0.2) is 42.6 Å². The van der Waals surface area contributed by atoms with Gasteiger partial charge in [0.25, 0.3) is 5.91 Å². The van der Waals surface area contributed by atoms with Crippen molar-refractivity contribution >= 4 is 5.91 Å². The first kappa shape index (κ1) is 17.5. The van der Waals surface area contributed by atoms with Crippen LogP contribution in [-0.2, 0) is 6.54 Å². The largest absolute Gasteiger partial charge is 0.337 e. The summed E-state index contributed by atoms with van der Waals surface area (Å²) in [5.74, 6) is 1.17. The zero-order chi connectivity index (χ0) is 17.6. The standard InChI is InChI=1S/C20H26N4O/c1-3-24(20(25)19-9-11-21-16(2)22-19)15-18-10-12-23(14-18)13-17-7-5-4-6-8-17/h4-9,11,18H,3,10,12-15H2,1-2H3/t18-/m1/s1. The van der Waals surface area contributed by atoms with Crippen molar-refractivity contribution in [3.05, 3.63) is 59.7 Å². The molecule has 0 bridgehead atoms. The average molecular weight is 338 g/mol. The Morgan fingerprint density at radius 1 is 1.28 bits per heavy atom. The Balaban J connectivity index is 1.56. The number of aryl methyl sites for hydroxylation is 1. The van der Waals surface area contributed by atoms with Crippen LogP contribution in [-0.4, -0.2) is 51.9 Å². The molecule has 5 heteroatoms. The first-order valence-electron chi connectivity index (χ1n) is 9.01. The number of rotatable bonds is 6. The predicted octanol–water partition coefficient (Wildman–Crippen LogP) is 2.77. The van der Waals surface area contributed by atoms with Gasteiger partial charge in [-0.25, -0.2) is 9.97 Å². The van der Waals surface area contributed by atoms with Gasteiger partial charge in [0.15, 0.2) is 0 Å². The molecule has 1 saturated heterocycles. The summed E-state index contributed by atoms with van der Waals surface area (Å²) in [5, 5.41) is 0. The molecule has 0 N–H and O–H groups in total. The van der Waals surface area contributed by atoms with Gasteiger partial charge in [-0.05, 0) is 44.4 Å². The van der Waals surface area contributed by atoms with Crippen molar-refractivity contribution in [3.63, 3.8) is 0 Å². The number of aromatic nitrogens is 2. The molecule has 3 rings (SSSR count). The van der Waals surface area contributed by atoms with E-state index in [0.717, 1.165) is 32.6 Å². The molecule has 5 nitrogen and oxygen atoms in total. The molecule has 25 heavy (non-hydrogen) atoms. The Morgan fingerprint density at radius 2 is 2.08 bits per heavy atom. The summed E-state index contributed by atoms with van der Waals surface area (Å²) in [6, 6.07) is 12.3. The van der Waals surface area contributed by atoms with Crippen molar-refractivity contribution in [1.82, 2.24) is 19.8 Å². The summed E-state index contributed by atoms with van der Waals surface area (Å²) in [6.45, 7) is 8.47. The zero-order valence-electron chi connectivity index (χ0n) is 15.1. The second kappa shape index (κ2) is 8.21. The normalized spacial score (nSPS) is 17.6. The third-order valence-corrected chi connectivity index (χ3v) is 4.76. The SMILES string of the molecule is CCN(C[C@@H]1CCN(Cc2ccccc2)C1)C(=O)c1ccnc(C)n1. The number of hydrogen-bond acceptors (Lipinski definition) is 4. The van der Waals surface area contributed by atoms with E-state index in [1.165, 1.54) is 5.56 Å². The smallest absolute Gasteiger partial charge is 0.272 e. The minimum Gasteiger partial charge on any atom is -0.337 e. The Hall–Kier alpha value is -2.27. The number of likely N-dealkylation sites (tertiary alicyclic amines) is 1. The summed E-state index contributed by atoms with van der Waals surface area (Å²) < 4.78 is 0. The van der Waals surface area contributed by atoms with Gasteiger partial charge in [-0.3, -0.25) is 9.69 Å². The summed E-state index contributed by atoms with van der Waals surface area (Å²) in [6.07, 6.45) is 2.79. The van der Waals surface area contributed by atoms with Crippen molar-refractivity contribution < 1.29 is 4.79 Å². The van der Waals surface area contributed by atoms with E-state index in [1.807, 2.05) is 18.7 Å². The molecule has 1 aromatic heterocycles. The van der Waals surface area contributed by atoms with Crippen LogP contribution in [0.1, 0.15) is 35.2 Å². The summed E-state index contributed by atoms with van der Waals surface area (Å²) in [7, 11) is 0. The minimum absolute atomic E-state index is 0.00880. The van der Waals surface area contributed by atoms with Crippen LogP contribution in [0.4, 0.5) is 0 Å². The maximum absolute atomic E-state index is 12.7. The summed E-state index contributed by atoms with van der Waals surface area (Å²) >= 11 is 0. The molecule has 0 radical (unpaired) electrons. The maximum atomic E-state index is 12.7. The predicted molar refractivity (Wildman–Crippen MR) is 98.2 cm³/mol. The van der Waals surface area contributed by atoms with Gasteiger partial charge in [-0.1, -0.05) is 30.3 Å². The molecule has 0 unspecified atom stereocenters. The quantitative estimate of drug-likeness (QED) is 0.813. The number of hydrogen-bond donors (Lipinski definition) is 0. The van der Waals surface area contributed by atoms with Crippen molar-refractivity contribution in [2.45, 2.75) is 26.8 Å². The van der Waals surface area contributed by atoms with Gasteiger partial charge in [0.1, 0.15) is 11.5 Å². The fourth-order valence-corrected chi connectivity index (χ4v) is 3.45. The molecule has 2 aromatic rings. The highest BCUT2D eigenvalue weighted by molar-refractivity contribution is 5.92. The van der Waals surface area contributed by atoms with E-state index < -0.39 is 0 Å². The van der Waals surface area contributed by atoms with E-state index >= 15 is 0 Å². The lowest BCUT2D eigenvalue weighted by atomic mass is 10.1. The molecule has 1 atom stereocenters.